The molecule has 1 saturated heterocycles. The summed E-state index contributed by atoms with van der Waals surface area (Å²) in [6, 6.07) is 5.63. The molecule has 0 radical (unpaired) electrons. The second-order valence-electron chi connectivity index (χ2n) is 5.68. The van der Waals surface area contributed by atoms with Gasteiger partial charge in [-0.3, -0.25) is 0 Å². The van der Waals surface area contributed by atoms with Crippen LogP contribution >= 0.6 is 0 Å². The number of morpholine rings is 1. The molecule has 0 amide bonds. The summed E-state index contributed by atoms with van der Waals surface area (Å²) in [5, 5.41) is 0. The van der Waals surface area contributed by atoms with Crippen molar-refractivity contribution in [2.75, 3.05) is 19.7 Å². The topological polar surface area (TPSA) is 46.6 Å². The van der Waals surface area contributed by atoms with E-state index in [2.05, 4.69) is 0 Å². The van der Waals surface area contributed by atoms with Gasteiger partial charge in [0.05, 0.1) is 17.6 Å². The van der Waals surface area contributed by atoms with Crippen LogP contribution in [-0.4, -0.2) is 38.5 Å². The third kappa shape index (κ3) is 2.62. The van der Waals surface area contributed by atoms with Crippen molar-refractivity contribution in [1.29, 1.82) is 0 Å². The fourth-order valence-electron chi connectivity index (χ4n) is 3.02. The van der Waals surface area contributed by atoms with Crippen molar-refractivity contribution in [2.45, 2.75) is 43.6 Å². The molecule has 0 bridgehead atoms. The number of benzene rings is 1. The highest BCUT2D eigenvalue weighted by Gasteiger charge is 2.29. The maximum absolute atomic E-state index is 12.7. The number of sulfonamides is 1. The molecule has 1 aromatic rings. The maximum Gasteiger partial charge on any atom is 0.243 e. The zero-order valence-corrected chi connectivity index (χ0v) is 12.7. The summed E-state index contributed by atoms with van der Waals surface area (Å²) in [5.41, 5.74) is 2.52. The molecule has 1 atom stereocenters. The van der Waals surface area contributed by atoms with E-state index >= 15 is 0 Å². The first-order valence-corrected chi connectivity index (χ1v) is 8.75. The Labute approximate surface area is 120 Å². The molecule has 0 unspecified atom stereocenters. The van der Waals surface area contributed by atoms with Gasteiger partial charge in [-0.25, -0.2) is 8.42 Å². The number of hydrogen-bond donors (Lipinski definition) is 0. The van der Waals surface area contributed by atoms with Gasteiger partial charge in [-0.1, -0.05) is 6.07 Å². The van der Waals surface area contributed by atoms with Crippen LogP contribution in [0.5, 0.6) is 0 Å². The monoisotopic (exact) mass is 295 g/mol. The fraction of sp³-hybridized carbons (Fsp3) is 0.600. The van der Waals surface area contributed by atoms with Gasteiger partial charge < -0.3 is 4.74 Å². The second kappa shape index (κ2) is 5.47. The van der Waals surface area contributed by atoms with Crippen LogP contribution in [0, 0.1) is 0 Å². The molecule has 20 heavy (non-hydrogen) atoms. The van der Waals surface area contributed by atoms with Gasteiger partial charge in [0.25, 0.3) is 0 Å². The molecule has 3 rings (SSSR count). The molecule has 0 spiro atoms. The molecule has 0 saturated carbocycles. The number of nitrogens with zero attached hydrogens (tertiary/aromatic N) is 1. The summed E-state index contributed by atoms with van der Waals surface area (Å²) >= 11 is 0. The smallest absolute Gasteiger partial charge is 0.243 e. The number of ether oxygens (including phenoxy) is 1. The van der Waals surface area contributed by atoms with Crippen LogP contribution in [0.25, 0.3) is 0 Å². The molecule has 0 aromatic heterocycles. The van der Waals surface area contributed by atoms with E-state index < -0.39 is 10.0 Å². The largest absolute Gasteiger partial charge is 0.376 e. The normalized spacial score (nSPS) is 24.4. The van der Waals surface area contributed by atoms with Crippen LogP contribution in [-0.2, 0) is 27.6 Å². The first-order chi connectivity index (χ1) is 9.57. The molecule has 1 aliphatic heterocycles. The lowest BCUT2D eigenvalue weighted by Gasteiger charge is -2.30. The molecule has 1 aliphatic carbocycles. The lowest BCUT2D eigenvalue weighted by Crippen LogP contribution is -2.44. The lowest BCUT2D eigenvalue weighted by atomic mass is 9.92. The number of rotatable bonds is 2. The van der Waals surface area contributed by atoms with E-state index in [4.69, 9.17) is 4.74 Å². The summed E-state index contributed by atoms with van der Waals surface area (Å²) in [4.78, 5) is 0.437. The van der Waals surface area contributed by atoms with Gasteiger partial charge in [-0.15, -0.1) is 0 Å². The maximum atomic E-state index is 12.7. The van der Waals surface area contributed by atoms with Crippen LogP contribution in [0.2, 0.25) is 0 Å². The minimum absolute atomic E-state index is 0.0313. The van der Waals surface area contributed by atoms with E-state index in [0.29, 0.717) is 24.6 Å². The van der Waals surface area contributed by atoms with Gasteiger partial charge in [0.15, 0.2) is 0 Å². The van der Waals surface area contributed by atoms with Gasteiger partial charge in [0.1, 0.15) is 0 Å². The highest BCUT2D eigenvalue weighted by Crippen LogP contribution is 2.26. The van der Waals surface area contributed by atoms with Crippen LogP contribution in [0.3, 0.4) is 0 Å². The molecule has 5 heteroatoms. The molecule has 1 heterocycles. The minimum Gasteiger partial charge on any atom is -0.376 e. The van der Waals surface area contributed by atoms with Crippen molar-refractivity contribution in [1.82, 2.24) is 4.31 Å². The average molecular weight is 295 g/mol. The lowest BCUT2D eigenvalue weighted by molar-refractivity contribution is 0.0102. The predicted octanol–water partition coefficient (Wildman–Crippen LogP) is 1.97. The molecular weight excluding hydrogens is 274 g/mol. The summed E-state index contributed by atoms with van der Waals surface area (Å²) in [6.45, 7) is 3.28. The van der Waals surface area contributed by atoms with Crippen LogP contribution < -0.4 is 0 Å². The van der Waals surface area contributed by atoms with E-state index in [-0.39, 0.29) is 6.10 Å². The van der Waals surface area contributed by atoms with Crippen molar-refractivity contribution >= 4 is 10.0 Å². The van der Waals surface area contributed by atoms with Gasteiger partial charge in [-0.05, 0) is 55.9 Å². The third-order valence-electron chi connectivity index (χ3n) is 4.16. The van der Waals surface area contributed by atoms with Gasteiger partial charge >= 0.3 is 0 Å². The van der Waals surface area contributed by atoms with E-state index in [0.717, 1.165) is 19.3 Å². The molecule has 1 fully saturated rings. The zero-order valence-electron chi connectivity index (χ0n) is 11.8. The highest BCUT2D eigenvalue weighted by molar-refractivity contribution is 7.89. The number of aryl methyl sites for hydroxylation is 2. The quantitative estimate of drug-likeness (QED) is 0.838. The number of fused-ring (bicyclic) bond motifs is 1. The molecular formula is C15H21NO3S. The second-order valence-corrected chi connectivity index (χ2v) is 7.62. The molecule has 0 N–H and O–H groups in total. The fourth-order valence-corrected chi connectivity index (χ4v) is 4.57. The summed E-state index contributed by atoms with van der Waals surface area (Å²) in [6.07, 6.45) is 4.41. The Morgan fingerprint density at radius 2 is 1.95 bits per heavy atom. The zero-order chi connectivity index (χ0) is 14.2. The highest BCUT2D eigenvalue weighted by atomic mass is 32.2. The van der Waals surface area contributed by atoms with Crippen molar-refractivity contribution in [3.05, 3.63) is 29.3 Å². The Balaban J connectivity index is 1.90. The van der Waals surface area contributed by atoms with Gasteiger partial charge in [0, 0.05) is 13.1 Å². The van der Waals surface area contributed by atoms with Crippen LogP contribution in [0.1, 0.15) is 30.9 Å². The predicted molar refractivity (Wildman–Crippen MR) is 77.3 cm³/mol. The van der Waals surface area contributed by atoms with Crippen molar-refractivity contribution < 1.29 is 13.2 Å². The van der Waals surface area contributed by atoms with E-state index in [1.807, 2.05) is 19.1 Å². The van der Waals surface area contributed by atoms with Crippen molar-refractivity contribution in [3.63, 3.8) is 0 Å². The summed E-state index contributed by atoms with van der Waals surface area (Å²) in [5.74, 6) is 0. The van der Waals surface area contributed by atoms with E-state index in [1.165, 1.54) is 17.5 Å². The third-order valence-corrected chi connectivity index (χ3v) is 6.02. The Kier molecular flexibility index (Phi) is 3.84. The molecule has 110 valence electrons. The van der Waals surface area contributed by atoms with E-state index in [9.17, 15) is 8.42 Å². The average Bonchev–Trinajstić information content (AvgIpc) is 2.46. The van der Waals surface area contributed by atoms with Crippen molar-refractivity contribution in [3.8, 4) is 0 Å². The summed E-state index contributed by atoms with van der Waals surface area (Å²) in [7, 11) is -3.38. The first-order valence-electron chi connectivity index (χ1n) is 7.31. The minimum atomic E-state index is -3.38. The molecule has 2 aliphatic rings. The Morgan fingerprint density at radius 1 is 1.20 bits per heavy atom. The van der Waals surface area contributed by atoms with Crippen molar-refractivity contribution in [2.24, 2.45) is 0 Å². The Morgan fingerprint density at radius 3 is 2.70 bits per heavy atom. The number of hydrogen-bond acceptors (Lipinski definition) is 3. The van der Waals surface area contributed by atoms with E-state index in [1.54, 1.807) is 10.4 Å². The van der Waals surface area contributed by atoms with Crippen LogP contribution in [0.15, 0.2) is 23.1 Å². The van der Waals surface area contributed by atoms with Gasteiger partial charge in [-0.2, -0.15) is 4.31 Å². The van der Waals surface area contributed by atoms with Gasteiger partial charge in [0.2, 0.25) is 10.0 Å². The Hall–Kier alpha value is -0.910. The SMILES string of the molecule is C[C@H]1CN(S(=O)(=O)c2ccc3c(c2)CCCC3)CCO1. The molecule has 4 nitrogen and oxygen atoms in total. The molecule has 1 aromatic carbocycles. The van der Waals surface area contributed by atoms with Crippen LogP contribution in [0.4, 0.5) is 0 Å². The first kappa shape index (κ1) is 14.0. The standard InChI is InChI=1S/C15H21NO3S/c1-12-11-16(8-9-19-12)20(17,18)15-7-6-13-4-2-3-5-14(13)10-15/h6-7,10,12H,2-5,8-9,11H2,1H3/t12-/m0/s1. The Bertz CT molecular complexity index is 597. The summed E-state index contributed by atoms with van der Waals surface area (Å²) < 4.78 is 32.3.